The molecule has 0 atom stereocenters. The van der Waals surface area contributed by atoms with Crippen molar-refractivity contribution < 1.29 is 27.2 Å². The van der Waals surface area contributed by atoms with Crippen LogP contribution < -0.4 is 10.1 Å². The van der Waals surface area contributed by atoms with Crippen LogP contribution in [0, 0.1) is 0 Å². The Bertz CT molecular complexity index is 1010. The number of nitrogens with one attached hydrogen (secondary N) is 1. The third-order valence-electron chi connectivity index (χ3n) is 5.17. The molecule has 4 rings (SSSR count). The summed E-state index contributed by atoms with van der Waals surface area (Å²) in [5.41, 5.74) is 0.449. The number of pyridine rings is 1. The molecule has 0 aliphatic heterocycles. The summed E-state index contributed by atoms with van der Waals surface area (Å²) < 4.78 is 48.7. The zero-order valence-corrected chi connectivity index (χ0v) is 16.0. The van der Waals surface area contributed by atoms with E-state index in [1.54, 1.807) is 6.07 Å². The molecule has 0 spiro atoms. The highest BCUT2D eigenvalue weighted by Gasteiger charge is 2.31. The largest absolute Gasteiger partial charge is 0.474 e. The average Bonchev–Trinajstić information content (AvgIpc) is 3.12. The van der Waals surface area contributed by atoms with Crippen LogP contribution in [-0.2, 0) is 17.4 Å². The van der Waals surface area contributed by atoms with Gasteiger partial charge in [-0.1, -0.05) is 17.3 Å². The molecule has 0 saturated heterocycles. The van der Waals surface area contributed by atoms with Gasteiger partial charge in [-0.05, 0) is 43.9 Å². The quantitative estimate of drug-likeness (QED) is 0.668. The van der Waals surface area contributed by atoms with E-state index >= 15 is 0 Å². The Morgan fingerprint density at radius 3 is 2.60 bits per heavy atom. The highest BCUT2D eigenvalue weighted by Crippen LogP contribution is 2.30. The number of benzene rings is 1. The molecule has 0 unspecified atom stereocenters. The molecule has 6 nitrogen and oxygen atoms in total. The summed E-state index contributed by atoms with van der Waals surface area (Å²) in [6.45, 7) is 0. The van der Waals surface area contributed by atoms with E-state index in [1.807, 2.05) is 18.2 Å². The molecular formula is C21H20F3N3O3. The highest BCUT2D eigenvalue weighted by molar-refractivity contribution is 5.86. The number of halogens is 3. The second-order valence-corrected chi connectivity index (χ2v) is 7.34. The lowest BCUT2D eigenvalue weighted by atomic mass is 9.93. The van der Waals surface area contributed by atoms with Crippen molar-refractivity contribution in [3.63, 3.8) is 0 Å². The molecule has 9 heteroatoms. The molecule has 30 heavy (non-hydrogen) atoms. The van der Waals surface area contributed by atoms with Crippen LogP contribution in [0.3, 0.4) is 0 Å². The minimum Gasteiger partial charge on any atom is -0.474 e. The van der Waals surface area contributed by atoms with Crippen LogP contribution in [0.5, 0.6) is 5.88 Å². The summed E-state index contributed by atoms with van der Waals surface area (Å²) >= 11 is 0. The molecule has 158 valence electrons. The van der Waals surface area contributed by atoms with Crippen LogP contribution in [0.2, 0.25) is 0 Å². The van der Waals surface area contributed by atoms with Crippen molar-refractivity contribution in [2.24, 2.45) is 0 Å². The summed E-state index contributed by atoms with van der Waals surface area (Å²) in [6, 6.07) is 9.60. The van der Waals surface area contributed by atoms with Crippen molar-refractivity contribution in [3.05, 3.63) is 53.9 Å². The van der Waals surface area contributed by atoms with E-state index in [9.17, 15) is 18.0 Å². The van der Waals surface area contributed by atoms with E-state index in [2.05, 4.69) is 15.5 Å². The molecule has 1 aliphatic rings. The van der Waals surface area contributed by atoms with E-state index < -0.39 is 11.7 Å². The molecule has 2 heterocycles. The second-order valence-electron chi connectivity index (χ2n) is 7.34. The number of hydrogen-bond donors (Lipinski definition) is 1. The first-order valence-electron chi connectivity index (χ1n) is 9.71. The van der Waals surface area contributed by atoms with E-state index in [1.165, 1.54) is 6.07 Å². The van der Waals surface area contributed by atoms with E-state index in [-0.39, 0.29) is 30.4 Å². The number of carbonyl (C=O) groups excluding carboxylic acids is 1. The third kappa shape index (κ3) is 4.72. The van der Waals surface area contributed by atoms with Gasteiger partial charge in [-0.3, -0.25) is 4.79 Å². The lowest BCUT2D eigenvalue weighted by Gasteiger charge is -2.29. The van der Waals surface area contributed by atoms with Crippen molar-refractivity contribution in [3.8, 4) is 5.88 Å². The monoisotopic (exact) mass is 419 g/mol. The van der Waals surface area contributed by atoms with Gasteiger partial charge >= 0.3 is 6.18 Å². The summed E-state index contributed by atoms with van der Waals surface area (Å²) in [7, 11) is 0. The zero-order chi connectivity index (χ0) is 21.1. The molecule has 3 aromatic rings. The fraction of sp³-hybridized carbons (Fsp3) is 0.381. The third-order valence-corrected chi connectivity index (χ3v) is 5.17. The molecular weight excluding hydrogens is 399 g/mol. The highest BCUT2D eigenvalue weighted by atomic mass is 19.4. The van der Waals surface area contributed by atoms with Crippen molar-refractivity contribution in [1.29, 1.82) is 0 Å². The molecule has 0 bridgehead atoms. The van der Waals surface area contributed by atoms with Gasteiger partial charge < -0.3 is 14.6 Å². The van der Waals surface area contributed by atoms with Gasteiger partial charge in [-0.2, -0.15) is 13.2 Å². The van der Waals surface area contributed by atoms with Gasteiger partial charge in [0, 0.05) is 23.7 Å². The number of ether oxygens (including phenoxy) is 1. The molecule has 1 aromatic carbocycles. The number of carbonyl (C=O) groups is 1. The second kappa shape index (κ2) is 8.33. The first-order chi connectivity index (χ1) is 14.4. The normalized spacial score (nSPS) is 19.6. The van der Waals surface area contributed by atoms with Gasteiger partial charge in [0.15, 0.2) is 5.58 Å². The molecule has 1 fully saturated rings. The Morgan fingerprint density at radius 2 is 1.90 bits per heavy atom. The maximum atomic E-state index is 12.6. The Balaban J connectivity index is 1.25. The summed E-state index contributed by atoms with van der Waals surface area (Å²) in [5, 5.41) is 7.82. The van der Waals surface area contributed by atoms with Crippen molar-refractivity contribution in [2.75, 3.05) is 0 Å². The standard InChI is InChI=1S/C21H20F3N3O3/c22-21(23,24)13-5-10-20(25-12-13)29-15-8-6-14(7-9-15)26-19(28)11-17-16-3-1-2-4-18(16)30-27-17/h1-5,10,12,14-15H,6-9,11H2,(H,26,28). The SMILES string of the molecule is O=C(Cc1noc2ccccc12)NC1CCC(Oc2ccc(C(F)(F)F)cn2)CC1. The molecule has 1 amide bonds. The number of amides is 1. The topological polar surface area (TPSA) is 77.2 Å². The van der Waals surface area contributed by atoms with E-state index in [0.717, 1.165) is 30.5 Å². The predicted molar refractivity (Wildman–Crippen MR) is 102 cm³/mol. The van der Waals surface area contributed by atoms with Crippen molar-refractivity contribution in [1.82, 2.24) is 15.5 Å². The number of aromatic nitrogens is 2. The van der Waals surface area contributed by atoms with Crippen LogP contribution in [0.4, 0.5) is 13.2 Å². The number of fused-ring (bicyclic) bond motifs is 1. The fourth-order valence-electron chi connectivity index (χ4n) is 3.61. The lowest BCUT2D eigenvalue weighted by molar-refractivity contribution is -0.137. The van der Waals surface area contributed by atoms with Crippen LogP contribution in [0.15, 0.2) is 47.1 Å². The average molecular weight is 419 g/mol. The van der Waals surface area contributed by atoms with Gasteiger partial charge in [0.05, 0.1) is 12.0 Å². The van der Waals surface area contributed by atoms with Gasteiger partial charge in [0.1, 0.15) is 11.8 Å². The summed E-state index contributed by atoms with van der Waals surface area (Å²) in [4.78, 5) is 16.1. The first kappa shape index (κ1) is 20.2. The minimum absolute atomic E-state index is 0.0241. The lowest BCUT2D eigenvalue weighted by Crippen LogP contribution is -2.40. The van der Waals surface area contributed by atoms with Crippen LogP contribution in [-0.4, -0.2) is 28.2 Å². The van der Waals surface area contributed by atoms with E-state index in [4.69, 9.17) is 9.26 Å². The van der Waals surface area contributed by atoms with Gasteiger partial charge in [-0.25, -0.2) is 4.98 Å². The Kier molecular flexibility index (Phi) is 5.61. The van der Waals surface area contributed by atoms with Gasteiger partial charge in [0.2, 0.25) is 11.8 Å². The smallest absolute Gasteiger partial charge is 0.417 e. The van der Waals surface area contributed by atoms with Gasteiger partial charge in [0.25, 0.3) is 0 Å². The molecule has 1 N–H and O–H groups in total. The molecule has 1 saturated carbocycles. The maximum Gasteiger partial charge on any atom is 0.417 e. The minimum atomic E-state index is -4.42. The number of hydrogen-bond acceptors (Lipinski definition) is 5. The first-order valence-corrected chi connectivity index (χ1v) is 9.71. The number of para-hydroxylation sites is 1. The molecule has 0 radical (unpaired) electrons. The molecule has 1 aliphatic carbocycles. The fourth-order valence-corrected chi connectivity index (χ4v) is 3.61. The van der Waals surface area contributed by atoms with Crippen LogP contribution in [0.1, 0.15) is 36.9 Å². The predicted octanol–water partition coefficient (Wildman–Crippen LogP) is 4.29. The Hall–Kier alpha value is -3.10. The van der Waals surface area contributed by atoms with Crippen molar-refractivity contribution in [2.45, 2.75) is 50.4 Å². The summed E-state index contributed by atoms with van der Waals surface area (Å²) in [6.07, 6.45) is -0.839. The van der Waals surface area contributed by atoms with Gasteiger partial charge in [-0.15, -0.1) is 0 Å². The zero-order valence-electron chi connectivity index (χ0n) is 16.0. The number of nitrogens with zero attached hydrogens (tertiary/aromatic N) is 2. The van der Waals surface area contributed by atoms with Crippen LogP contribution in [0.25, 0.3) is 11.0 Å². The Morgan fingerprint density at radius 1 is 1.13 bits per heavy atom. The Labute approximate surface area is 170 Å². The number of alkyl halides is 3. The maximum absolute atomic E-state index is 12.6. The molecule has 2 aromatic heterocycles. The van der Waals surface area contributed by atoms with E-state index in [0.29, 0.717) is 24.1 Å². The van der Waals surface area contributed by atoms with Crippen LogP contribution >= 0.6 is 0 Å². The van der Waals surface area contributed by atoms with Crippen molar-refractivity contribution >= 4 is 16.9 Å². The summed E-state index contributed by atoms with van der Waals surface area (Å²) in [5.74, 6) is 0.0521. The number of rotatable bonds is 5.